The van der Waals surface area contributed by atoms with Gasteiger partial charge in [-0.2, -0.15) is 0 Å². The SMILES string of the molecule is CCOC(=O)c1c(O)cc(-c2ccccc2)n1C. The monoisotopic (exact) mass is 245 g/mol. The van der Waals surface area contributed by atoms with Crippen molar-refractivity contribution in [3.8, 4) is 17.0 Å². The largest absolute Gasteiger partial charge is 0.505 e. The molecule has 1 aromatic carbocycles. The van der Waals surface area contributed by atoms with E-state index >= 15 is 0 Å². The summed E-state index contributed by atoms with van der Waals surface area (Å²) in [6, 6.07) is 11.1. The molecule has 18 heavy (non-hydrogen) atoms. The van der Waals surface area contributed by atoms with Gasteiger partial charge in [-0.1, -0.05) is 30.3 Å². The maximum atomic E-state index is 11.7. The Bertz CT molecular complexity index is 558. The summed E-state index contributed by atoms with van der Waals surface area (Å²) >= 11 is 0. The Morgan fingerprint density at radius 1 is 1.33 bits per heavy atom. The van der Waals surface area contributed by atoms with Crippen molar-refractivity contribution >= 4 is 5.97 Å². The van der Waals surface area contributed by atoms with Gasteiger partial charge in [0.15, 0.2) is 5.69 Å². The summed E-state index contributed by atoms with van der Waals surface area (Å²) in [5.74, 6) is -0.575. The van der Waals surface area contributed by atoms with Crippen LogP contribution in [-0.2, 0) is 11.8 Å². The van der Waals surface area contributed by atoms with E-state index in [-0.39, 0.29) is 18.1 Å². The number of hydrogen-bond acceptors (Lipinski definition) is 3. The third kappa shape index (κ3) is 2.09. The maximum absolute atomic E-state index is 11.7. The first kappa shape index (κ1) is 12.2. The van der Waals surface area contributed by atoms with E-state index in [9.17, 15) is 9.90 Å². The van der Waals surface area contributed by atoms with Crippen LogP contribution in [0.3, 0.4) is 0 Å². The fraction of sp³-hybridized carbons (Fsp3) is 0.214. The molecule has 1 aromatic heterocycles. The highest BCUT2D eigenvalue weighted by Gasteiger charge is 2.20. The fourth-order valence-corrected chi connectivity index (χ4v) is 1.91. The molecule has 0 atom stereocenters. The smallest absolute Gasteiger partial charge is 0.358 e. The molecule has 4 heteroatoms. The number of aromatic nitrogens is 1. The first-order valence-corrected chi connectivity index (χ1v) is 5.76. The first-order valence-electron chi connectivity index (χ1n) is 5.76. The highest BCUT2D eigenvalue weighted by Crippen LogP contribution is 2.29. The topological polar surface area (TPSA) is 51.5 Å². The molecule has 94 valence electrons. The van der Waals surface area contributed by atoms with Gasteiger partial charge in [0.05, 0.1) is 12.3 Å². The van der Waals surface area contributed by atoms with E-state index in [1.807, 2.05) is 30.3 Å². The van der Waals surface area contributed by atoms with Gasteiger partial charge in [-0.3, -0.25) is 0 Å². The van der Waals surface area contributed by atoms with Crippen LogP contribution in [0.4, 0.5) is 0 Å². The van der Waals surface area contributed by atoms with Crippen molar-refractivity contribution in [3.63, 3.8) is 0 Å². The van der Waals surface area contributed by atoms with E-state index in [1.165, 1.54) is 0 Å². The van der Waals surface area contributed by atoms with Gasteiger partial charge >= 0.3 is 5.97 Å². The van der Waals surface area contributed by atoms with E-state index in [1.54, 1.807) is 24.6 Å². The zero-order valence-corrected chi connectivity index (χ0v) is 10.4. The fourth-order valence-electron chi connectivity index (χ4n) is 1.91. The van der Waals surface area contributed by atoms with Gasteiger partial charge in [-0.05, 0) is 12.5 Å². The highest BCUT2D eigenvalue weighted by molar-refractivity contribution is 5.92. The zero-order chi connectivity index (χ0) is 13.1. The molecule has 0 aliphatic heterocycles. The van der Waals surface area contributed by atoms with Crippen molar-refractivity contribution in [2.24, 2.45) is 7.05 Å². The molecule has 4 nitrogen and oxygen atoms in total. The van der Waals surface area contributed by atoms with Crippen LogP contribution in [0.2, 0.25) is 0 Å². The number of carbonyl (C=O) groups is 1. The van der Waals surface area contributed by atoms with Crippen molar-refractivity contribution in [1.82, 2.24) is 4.57 Å². The molecule has 0 radical (unpaired) electrons. The molecule has 2 aromatic rings. The molecule has 1 N–H and O–H groups in total. The van der Waals surface area contributed by atoms with Gasteiger partial charge in [0.2, 0.25) is 0 Å². The third-order valence-electron chi connectivity index (χ3n) is 2.75. The molecule has 0 saturated heterocycles. The molecule has 0 amide bonds. The average Bonchev–Trinajstić information content (AvgIpc) is 2.66. The van der Waals surface area contributed by atoms with Crippen molar-refractivity contribution < 1.29 is 14.6 Å². The van der Waals surface area contributed by atoms with Gasteiger partial charge in [-0.25, -0.2) is 4.79 Å². The van der Waals surface area contributed by atoms with Crippen molar-refractivity contribution in [3.05, 3.63) is 42.1 Å². The lowest BCUT2D eigenvalue weighted by Gasteiger charge is -2.07. The minimum absolute atomic E-state index is 0.0604. The predicted octanol–water partition coefficient (Wildman–Crippen LogP) is 2.57. The van der Waals surface area contributed by atoms with E-state index in [0.29, 0.717) is 0 Å². The standard InChI is InChI=1S/C14H15NO3/c1-3-18-14(17)13-12(16)9-11(15(13)2)10-7-5-4-6-8-10/h4-9,16H,3H2,1-2H3. The maximum Gasteiger partial charge on any atom is 0.358 e. The Labute approximate surface area is 105 Å². The Morgan fingerprint density at radius 3 is 2.61 bits per heavy atom. The Balaban J connectivity index is 2.47. The summed E-state index contributed by atoms with van der Waals surface area (Å²) in [6.45, 7) is 2.01. The van der Waals surface area contributed by atoms with Crippen molar-refractivity contribution in [2.45, 2.75) is 6.92 Å². The lowest BCUT2D eigenvalue weighted by molar-refractivity contribution is 0.0512. The van der Waals surface area contributed by atoms with Crippen LogP contribution < -0.4 is 0 Å². The summed E-state index contributed by atoms with van der Waals surface area (Å²) in [5, 5.41) is 9.85. The third-order valence-corrected chi connectivity index (χ3v) is 2.75. The normalized spacial score (nSPS) is 10.3. The lowest BCUT2D eigenvalue weighted by atomic mass is 10.1. The molecule has 0 unspecified atom stereocenters. The molecule has 0 spiro atoms. The lowest BCUT2D eigenvalue weighted by Crippen LogP contribution is -2.10. The number of rotatable bonds is 3. The quantitative estimate of drug-likeness (QED) is 0.845. The molecular weight excluding hydrogens is 230 g/mol. The molecule has 0 saturated carbocycles. The Morgan fingerprint density at radius 2 is 2.00 bits per heavy atom. The van der Waals surface area contributed by atoms with Gasteiger partial charge < -0.3 is 14.4 Å². The number of benzene rings is 1. The van der Waals surface area contributed by atoms with Crippen LogP contribution >= 0.6 is 0 Å². The average molecular weight is 245 g/mol. The van der Waals surface area contributed by atoms with Gasteiger partial charge in [0.1, 0.15) is 5.75 Å². The summed E-state index contributed by atoms with van der Waals surface area (Å²) in [5.41, 5.74) is 1.89. The van der Waals surface area contributed by atoms with Crippen LogP contribution in [0.1, 0.15) is 17.4 Å². The number of carbonyl (C=O) groups excluding carboxylic acids is 1. The molecule has 0 bridgehead atoms. The Hall–Kier alpha value is -2.23. The molecule has 0 fully saturated rings. The summed E-state index contributed by atoms with van der Waals surface area (Å²) < 4.78 is 6.56. The van der Waals surface area contributed by atoms with Crippen LogP contribution in [0.25, 0.3) is 11.3 Å². The molecular formula is C14H15NO3. The van der Waals surface area contributed by atoms with Crippen molar-refractivity contribution in [2.75, 3.05) is 6.61 Å². The highest BCUT2D eigenvalue weighted by atomic mass is 16.5. The van der Waals surface area contributed by atoms with E-state index < -0.39 is 5.97 Å². The molecule has 2 rings (SSSR count). The van der Waals surface area contributed by atoms with Gasteiger partial charge in [0, 0.05) is 13.1 Å². The zero-order valence-electron chi connectivity index (χ0n) is 10.4. The van der Waals surface area contributed by atoms with E-state index in [4.69, 9.17) is 4.74 Å². The number of ether oxygens (including phenoxy) is 1. The minimum Gasteiger partial charge on any atom is -0.505 e. The second-order valence-electron chi connectivity index (χ2n) is 3.91. The van der Waals surface area contributed by atoms with E-state index in [2.05, 4.69) is 0 Å². The first-order chi connectivity index (χ1) is 8.65. The van der Waals surface area contributed by atoms with Crippen molar-refractivity contribution in [1.29, 1.82) is 0 Å². The van der Waals surface area contributed by atoms with E-state index in [0.717, 1.165) is 11.3 Å². The van der Waals surface area contributed by atoms with Gasteiger partial charge in [-0.15, -0.1) is 0 Å². The second-order valence-corrected chi connectivity index (χ2v) is 3.91. The molecule has 1 heterocycles. The summed E-state index contributed by atoms with van der Waals surface area (Å²) in [7, 11) is 1.73. The van der Waals surface area contributed by atoms with Crippen LogP contribution in [0.5, 0.6) is 5.75 Å². The molecule has 0 aliphatic carbocycles. The second kappa shape index (κ2) is 4.96. The minimum atomic E-state index is -0.514. The number of aromatic hydroxyl groups is 1. The van der Waals surface area contributed by atoms with Crippen LogP contribution in [0.15, 0.2) is 36.4 Å². The van der Waals surface area contributed by atoms with Crippen LogP contribution in [0, 0.1) is 0 Å². The Kier molecular flexibility index (Phi) is 3.37. The number of nitrogens with zero attached hydrogens (tertiary/aromatic N) is 1. The number of esters is 1. The summed E-state index contributed by atoms with van der Waals surface area (Å²) in [4.78, 5) is 11.7. The summed E-state index contributed by atoms with van der Waals surface area (Å²) in [6.07, 6.45) is 0. The predicted molar refractivity (Wildman–Crippen MR) is 68.5 cm³/mol. The van der Waals surface area contributed by atoms with Gasteiger partial charge in [0.25, 0.3) is 0 Å². The van der Waals surface area contributed by atoms with Crippen LogP contribution in [-0.4, -0.2) is 22.2 Å². The molecule has 0 aliphatic rings. The number of hydrogen-bond donors (Lipinski definition) is 1.